The highest BCUT2D eigenvalue weighted by atomic mass is 19.1. The number of carbonyl (C=O) groups is 1. The first kappa shape index (κ1) is 20.7. The minimum absolute atomic E-state index is 0.0357. The molecule has 2 unspecified atom stereocenters. The molecule has 4 nitrogen and oxygen atoms in total. The number of fused-ring (bicyclic) bond motifs is 5. The van der Waals surface area contributed by atoms with Gasteiger partial charge in [0.1, 0.15) is 18.5 Å². The maximum absolute atomic E-state index is 13.8. The largest absolute Gasteiger partial charge is 0.448 e. The molecule has 1 fully saturated rings. The summed E-state index contributed by atoms with van der Waals surface area (Å²) in [5.41, 5.74) is 6.77. The van der Waals surface area contributed by atoms with E-state index >= 15 is 0 Å². The maximum Gasteiger partial charge on any atom is 0.410 e. The van der Waals surface area contributed by atoms with E-state index in [0.717, 1.165) is 24.0 Å². The number of carbonyl (C=O) groups excluding carboxylic acids is 1. The van der Waals surface area contributed by atoms with Crippen LogP contribution < -0.4 is 0 Å². The van der Waals surface area contributed by atoms with Crippen LogP contribution in [0.15, 0.2) is 72.8 Å². The molecule has 0 aromatic heterocycles. The van der Waals surface area contributed by atoms with Crippen LogP contribution in [0.5, 0.6) is 0 Å². The molecule has 0 saturated carbocycles. The third-order valence-electron chi connectivity index (χ3n) is 7.40. The monoisotopic (exact) mass is 450 g/mol. The minimum Gasteiger partial charge on any atom is -0.448 e. The summed E-state index contributed by atoms with van der Waals surface area (Å²) in [4.78, 5) is 15.1. The van der Waals surface area contributed by atoms with Crippen molar-refractivity contribution in [2.24, 2.45) is 0 Å². The van der Waals surface area contributed by atoms with Gasteiger partial charge in [-0.15, -0.1) is 0 Å². The van der Waals surface area contributed by atoms with Crippen LogP contribution in [0.25, 0.3) is 16.7 Å². The number of benzene rings is 3. The summed E-state index contributed by atoms with van der Waals surface area (Å²) in [6.45, 7) is 0.308. The molecule has 1 aliphatic carbocycles. The summed E-state index contributed by atoms with van der Waals surface area (Å²) in [6, 6.07) is 23.2. The Balaban J connectivity index is 1.20. The van der Waals surface area contributed by atoms with E-state index in [4.69, 9.17) is 10.00 Å². The lowest BCUT2D eigenvalue weighted by Crippen LogP contribution is -2.43. The average molecular weight is 451 g/mol. The lowest BCUT2D eigenvalue weighted by molar-refractivity contribution is 0.0866. The van der Waals surface area contributed by atoms with Gasteiger partial charge in [0.15, 0.2) is 0 Å². The first-order chi connectivity index (χ1) is 16.6. The van der Waals surface area contributed by atoms with E-state index < -0.39 is 5.82 Å². The normalized spacial score (nSPS) is 20.4. The molecule has 2 aliphatic heterocycles. The fraction of sp³-hybridized carbons (Fsp3) is 0.241. The number of hydrogen-bond acceptors (Lipinski definition) is 3. The predicted octanol–water partition coefficient (Wildman–Crippen LogP) is 6.27. The van der Waals surface area contributed by atoms with Gasteiger partial charge in [-0.05, 0) is 64.8 Å². The van der Waals surface area contributed by atoms with Gasteiger partial charge in [0.2, 0.25) is 0 Å². The summed E-state index contributed by atoms with van der Waals surface area (Å²) in [7, 11) is 0. The smallest absolute Gasteiger partial charge is 0.410 e. The van der Waals surface area contributed by atoms with Gasteiger partial charge >= 0.3 is 6.09 Å². The second kappa shape index (κ2) is 8.14. The van der Waals surface area contributed by atoms with Crippen LogP contribution in [0.4, 0.5) is 9.18 Å². The molecule has 0 spiro atoms. The second-order valence-electron chi connectivity index (χ2n) is 9.21. The van der Waals surface area contributed by atoms with Crippen LogP contribution >= 0.6 is 0 Å². The van der Waals surface area contributed by atoms with E-state index in [9.17, 15) is 9.18 Å². The summed E-state index contributed by atoms with van der Waals surface area (Å²) in [5.74, 6) is -0.473. The van der Waals surface area contributed by atoms with Crippen molar-refractivity contribution in [1.29, 1.82) is 5.26 Å². The van der Waals surface area contributed by atoms with Gasteiger partial charge in [-0.25, -0.2) is 9.18 Å². The Labute approximate surface area is 197 Å². The highest BCUT2D eigenvalue weighted by Gasteiger charge is 2.41. The first-order valence-corrected chi connectivity index (χ1v) is 11.7. The van der Waals surface area contributed by atoms with E-state index in [-0.39, 0.29) is 29.7 Å². The third-order valence-corrected chi connectivity index (χ3v) is 7.40. The number of ether oxygens (including phenoxy) is 1. The molecule has 1 amide bonds. The Kier molecular flexibility index (Phi) is 4.95. The fourth-order valence-corrected chi connectivity index (χ4v) is 5.81. The molecule has 0 radical (unpaired) electrons. The molecule has 2 heterocycles. The standard InChI is InChI=1S/C29H23FN2O2/c30-28-12-9-18(13-20(28)16-31)19-14-21-10-11-22(15-19)32(21)29(33)34-17-27-25-7-3-1-5-23(25)24-6-2-4-8-26(24)27/h1-9,12-14,21-22,27H,10-11,15,17H2. The van der Waals surface area contributed by atoms with Crippen molar-refractivity contribution in [3.05, 3.63) is 101 Å². The van der Waals surface area contributed by atoms with E-state index in [2.05, 4.69) is 30.3 Å². The highest BCUT2D eigenvalue weighted by molar-refractivity contribution is 5.79. The number of nitriles is 1. The van der Waals surface area contributed by atoms with Crippen LogP contribution in [0.2, 0.25) is 0 Å². The molecular weight excluding hydrogens is 427 g/mol. The Bertz CT molecular complexity index is 1330. The number of nitrogens with zero attached hydrogens (tertiary/aromatic N) is 2. The summed E-state index contributed by atoms with van der Waals surface area (Å²) in [6.07, 6.45) is 4.27. The molecule has 168 valence electrons. The Hall–Kier alpha value is -3.91. The van der Waals surface area contributed by atoms with Crippen LogP contribution in [0.1, 0.15) is 47.4 Å². The van der Waals surface area contributed by atoms with Crippen molar-refractivity contribution in [1.82, 2.24) is 4.90 Å². The number of amides is 1. The number of halogens is 1. The van der Waals surface area contributed by atoms with Crippen molar-refractivity contribution in [2.45, 2.75) is 37.3 Å². The van der Waals surface area contributed by atoms with E-state index in [0.29, 0.717) is 13.0 Å². The van der Waals surface area contributed by atoms with Crippen molar-refractivity contribution in [2.75, 3.05) is 6.61 Å². The second-order valence-corrected chi connectivity index (χ2v) is 9.21. The van der Waals surface area contributed by atoms with Gasteiger partial charge in [0.05, 0.1) is 11.6 Å². The van der Waals surface area contributed by atoms with Gasteiger partial charge in [0, 0.05) is 12.0 Å². The summed E-state index contributed by atoms with van der Waals surface area (Å²) in [5, 5.41) is 9.16. The SMILES string of the molecule is N#Cc1cc(C2=CC3CCC(C2)N3C(=O)OCC2c3ccccc3-c3ccccc32)ccc1F. The molecule has 3 aromatic rings. The van der Waals surface area contributed by atoms with Crippen molar-refractivity contribution in [3.63, 3.8) is 0 Å². The Morgan fingerprint density at radius 3 is 2.41 bits per heavy atom. The van der Waals surface area contributed by atoms with Gasteiger partial charge in [-0.1, -0.05) is 60.7 Å². The van der Waals surface area contributed by atoms with E-state index in [1.165, 1.54) is 28.3 Å². The Morgan fingerprint density at radius 1 is 1.03 bits per heavy atom. The summed E-state index contributed by atoms with van der Waals surface area (Å²) < 4.78 is 19.7. The lowest BCUT2D eigenvalue weighted by Gasteiger charge is -2.33. The fourth-order valence-electron chi connectivity index (χ4n) is 5.81. The van der Waals surface area contributed by atoms with Crippen LogP contribution in [0, 0.1) is 17.1 Å². The molecule has 5 heteroatoms. The van der Waals surface area contributed by atoms with Gasteiger partial charge in [-0.2, -0.15) is 5.26 Å². The molecule has 2 bridgehead atoms. The molecule has 34 heavy (non-hydrogen) atoms. The van der Waals surface area contributed by atoms with Crippen LogP contribution in [-0.2, 0) is 4.74 Å². The molecule has 1 saturated heterocycles. The predicted molar refractivity (Wildman–Crippen MR) is 127 cm³/mol. The molecule has 3 aromatic carbocycles. The molecule has 0 N–H and O–H groups in total. The van der Waals surface area contributed by atoms with Gasteiger partial charge < -0.3 is 4.74 Å². The van der Waals surface area contributed by atoms with Gasteiger partial charge in [0.25, 0.3) is 0 Å². The summed E-state index contributed by atoms with van der Waals surface area (Å²) >= 11 is 0. The van der Waals surface area contributed by atoms with Gasteiger partial charge in [-0.3, -0.25) is 4.90 Å². The zero-order chi connectivity index (χ0) is 23.2. The quantitative estimate of drug-likeness (QED) is 0.473. The van der Waals surface area contributed by atoms with Crippen molar-refractivity contribution >= 4 is 11.7 Å². The molecular formula is C29H23FN2O2. The molecule has 3 aliphatic rings. The minimum atomic E-state index is -0.508. The zero-order valence-electron chi connectivity index (χ0n) is 18.6. The number of rotatable bonds is 3. The van der Waals surface area contributed by atoms with Crippen molar-refractivity contribution in [3.8, 4) is 17.2 Å². The van der Waals surface area contributed by atoms with Crippen LogP contribution in [0.3, 0.4) is 0 Å². The third kappa shape index (κ3) is 3.30. The molecule has 6 rings (SSSR count). The van der Waals surface area contributed by atoms with Crippen LogP contribution in [-0.4, -0.2) is 29.7 Å². The van der Waals surface area contributed by atoms with E-state index in [1.807, 2.05) is 35.2 Å². The highest BCUT2D eigenvalue weighted by Crippen LogP contribution is 2.45. The van der Waals surface area contributed by atoms with Crippen molar-refractivity contribution < 1.29 is 13.9 Å². The first-order valence-electron chi connectivity index (χ1n) is 11.7. The maximum atomic E-state index is 13.8. The molecule has 2 atom stereocenters. The number of hydrogen-bond donors (Lipinski definition) is 0. The topological polar surface area (TPSA) is 53.3 Å². The Morgan fingerprint density at radius 2 is 1.74 bits per heavy atom. The average Bonchev–Trinajstić information content (AvgIpc) is 3.33. The van der Waals surface area contributed by atoms with E-state index in [1.54, 1.807) is 12.1 Å². The zero-order valence-corrected chi connectivity index (χ0v) is 18.6. The lowest BCUT2D eigenvalue weighted by atomic mass is 9.94.